The summed E-state index contributed by atoms with van der Waals surface area (Å²) < 4.78 is 5.60. The first-order valence-electron chi connectivity index (χ1n) is 10.9. The maximum atomic E-state index is 13.2. The van der Waals surface area contributed by atoms with Crippen LogP contribution in [0.4, 0.5) is 17.1 Å². The van der Waals surface area contributed by atoms with E-state index in [4.69, 9.17) is 4.74 Å². The van der Waals surface area contributed by atoms with Crippen LogP contribution in [-0.2, 0) is 9.59 Å². The Hall–Kier alpha value is -3.58. The summed E-state index contributed by atoms with van der Waals surface area (Å²) in [6.45, 7) is 2.66. The molecule has 1 saturated heterocycles. The second-order valence-electron chi connectivity index (χ2n) is 7.46. The van der Waals surface area contributed by atoms with Crippen LogP contribution in [0.5, 0.6) is 5.75 Å². The van der Waals surface area contributed by atoms with Crippen molar-refractivity contribution in [3.8, 4) is 5.75 Å². The van der Waals surface area contributed by atoms with Crippen LogP contribution >= 0.6 is 11.8 Å². The molecule has 6 nitrogen and oxygen atoms in total. The number of nitrogens with zero attached hydrogens (tertiary/aromatic N) is 2. The van der Waals surface area contributed by atoms with E-state index in [9.17, 15) is 9.59 Å². The van der Waals surface area contributed by atoms with Gasteiger partial charge < -0.3 is 10.1 Å². The number of amidine groups is 1. The van der Waals surface area contributed by atoms with E-state index in [1.807, 2.05) is 67.6 Å². The number of ether oxygens (including phenoxy) is 1. The van der Waals surface area contributed by atoms with Crippen LogP contribution in [0.3, 0.4) is 0 Å². The van der Waals surface area contributed by atoms with Crippen molar-refractivity contribution in [1.82, 2.24) is 0 Å². The molecule has 1 heterocycles. The zero-order valence-electron chi connectivity index (χ0n) is 18.3. The van der Waals surface area contributed by atoms with Crippen molar-refractivity contribution in [2.45, 2.75) is 25.0 Å². The minimum absolute atomic E-state index is 0.113. The van der Waals surface area contributed by atoms with Gasteiger partial charge in [-0.1, -0.05) is 55.1 Å². The first kappa shape index (κ1) is 22.6. The molecule has 1 fully saturated rings. The van der Waals surface area contributed by atoms with Gasteiger partial charge in [0.05, 0.1) is 18.0 Å². The molecule has 3 aromatic rings. The average molecular weight is 460 g/mol. The number of hydrogen-bond donors (Lipinski definition) is 1. The second-order valence-corrected chi connectivity index (χ2v) is 8.66. The lowest BCUT2D eigenvalue weighted by Gasteiger charge is -2.16. The third-order valence-electron chi connectivity index (χ3n) is 4.94. The summed E-state index contributed by atoms with van der Waals surface area (Å²) in [5, 5.41) is 3.28. The zero-order valence-corrected chi connectivity index (χ0v) is 19.1. The number of nitrogens with one attached hydrogen (secondary N) is 1. The van der Waals surface area contributed by atoms with Crippen LogP contribution in [0.2, 0.25) is 0 Å². The Kier molecular flexibility index (Phi) is 7.42. The van der Waals surface area contributed by atoms with Crippen LogP contribution in [0.25, 0.3) is 0 Å². The molecule has 1 N–H and O–H groups in total. The highest BCUT2D eigenvalue weighted by Gasteiger charge is 2.40. The standard InChI is InChI=1S/C26H25N3O3S/c1-2-17-32-22-15-13-21(14-16-22)29-24(30)18-23(25(29)31)33-26(27-19-9-5-3-6-10-19)28-20-11-7-4-8-12-20/h3-16,23H,2,17-18H2,1H3,(H,27,28). The van der Waals surface area contributed by atoms with Crippen molar-refractivity contribution < 1.29 is 14.3 Å². The Balaban J connectivity index is 1.52. The quantitative estimate of drug-likeness (QED) is 0.281. The minimum atomic E-state index is -0.563. The van der Waals surface area contributed by atoms with Crippen LogP contribution < -0.4 is 15.0 Å². The first-order valence-corrected chi connectivity index (χ1v) is 11.7. The molecule has 4 rings (SSSR count). The Morgan fingerprint density at radius 1 is 1.00 bits per heavy atom. The summed E-state index contributed by atoms with van der Waals surface area (Å²) in [5.74, 6) is 0.247. The van der Waals surface area contributed by atoms with Gasteiger partial charge >= 0.3 is 0 Å². The number of para-hydroxylation sites is 2. The van der Waals surface area contributed by atoms with Gasteiger partial charge in [-0.3, -0.25) is 9.59 Å². The Morgan fingerprint density at radius 2 is 1.67 bits per heavy atom. The molecule has 3 aromatic carbocycles. The Morgan fingerprint density at radius 3 is 2.33 bits per heavy atom. The van der Waals surface area contributed by atoms with Gasteiger partial charge in [0.25, 0.3) is 0 Å². The van der Waals surface area contributed by atoms with Crippen LogP contribution in [0, 0.1) is 0 Å². The van der Waals surface area contributed by atoms with Crippen molar-refractivity contribution in [3.05, 3.63) is 84.9 Å². The number of amides is 2. The monoisotopic (exact) mass is 459 g/mol. The number of hydrogen-bond acceptors (Lipinski definition) is 5. The van der Waals surface area contributed by atoms with Crippen molar-refractivity contribution in [1.29, 1.82) is 0 Å². The van der Waals surface area contributed by atoms with Gasteiger partial charge in [-0.25, -0.2) is 9.89 Å². The lowest BCUT2D eigenvalue weighted by Crippen LogP contribution is -2.31. The molecule has 0 aromatic heterocycles. The summed E-state index contributed by atoms with van der Waals surface area (Å²) in [7, 11) is 0. The smallest absolute Gasteiger partial charge is 0.247 e. The molecule has 7 heteroatoms. The molecule has 168 valence electrons. The van der Waals surface area contributed by atoms with Gasteiger partial charge in [0, 0.05) is 12.1 Å². The Bertz CT molecular complexity index is 1120. The number of benzene rings is 3. The third kappa shape index (κ3) is 5.81. The van der Waals surface area contributed by atoms with Gasteiger partial charge in [0.1, 0.15) is 11.0 Å². The molecule has 0 bridgehead atoms. The highest BCUT2D eigenvalue weighted by molar-refractivity contribution is 8.15. The van der Waals surface area contributed by atoms with E-state index in [2.05, 4.69) is 10.3 Å². The van der Waals surface area contributed by atoms with Crippen molar-refractivity contribution >= 4 is 45.8 Å². The number of carbonyl (C=O) groups excluding carboxylic acids is 2. The minimum Gasteiger partial charge on any atom is -0.494 e. The normalized spacial score (nSPS) is 16.2. The predicted octanol–water partition coefficient (Wildman–Crippen LogP) is 5.64. The number of rotatable bonds is 7. The van der Waals surface area contributed by atoms with E-state index in [0.717, 1.165) is 23.5 Å². The Labute approximate surface area is 197 Å². The third-order valence-corrected chi connectivity index (χ3v) is 6.01. The van der Waals surface area contributed by atoms with E-state index < -0.39 is 5.25 Å². The average Bonchev–Trinajstić information content (AvgIpc) is 3.12. The van der Waals surface area contributed by atoms with Crippen molar-refractivity contribution in [2.75, 3.05) is 16.8 Å². The number of anilines is 2. The van der Waals surface area contributed by atoms with Crippen molar-refractivity contribution in [2.24, 2.45) is 4.99 Å². The number of aliphatic imine (C=N–C) groups is 1. The van der Waals surface area contributed by atoms with E-state index >= 15 is 0 Å². The largest absolute Gasteiger partial charge is 0.494 e. The van der Waals surface area contributed by atoms with Crippen LogP contribution in [0.15, 0.2) is 89.9 Å². The number of imide groups is 1. The van der Waals surface area contributed by atoms with E-state index in [-0.39, 0.29) is 18.2 Å². The SMILES string of the molecule is CCCOc1ccc(N2C(=O)CC(SC(=Nc3ccccc3)Nc3ccccc3)C2=O)cc1. The van der Waals surface area contributed by atoms with Crippen molar-refractivity contribution in [3.63, 3.8) is 0 Å². The molecule has 1 atom stereocenters. The fraction of sp³-hybridized carbons (Fsp3) is 0.192. The van der Waals surface area contributed by atoms with Gasteiger partial charge in [0.2, 0.25) is 11.8 Å². The van der Waals surface area contributed by atoms with Crippen LogP contribution in [0.1, 0.15) is 19.8 Å². The number of thioether (sulfide) groups is 1. The molecular weight excluding hydrogens is 434 g/mol. The molecule has 0 spiro atoms. The number of carbonyl (C=O) groups is 2. The van der Waals surface area contributed by atoms with Gasteiger partial charge in [-0.15, -0.1) is 0 Å². The molecule has 1 aliphatic heterocycles. The molecule has 33 heavy (non-hydrogen) atoms. The maximum absolute atomic E-state index is 13.2. The molecule has 1 aliphatic rings. The topological polar surface area (TPSA) is 71.0 Å². The fourth-order valence-corrected chi connectivity index (χ4v) is 4.40. The molecule has 1 unspecified atom stereocenters. The highest BCUT2D eigenvalue weighted by Crippen LogP contribution is 2.32. The molecule has 0 aliphatic carbocycles. The summed E-state index contributed by atoms with van der Waals surface area (Å²) >= 11 is 1.27. The van der Waals surface area contributed by atoms with Gasteiger partial charge in [-0.2, -0.15) is 0 Å². The molecular formula is C26H25N3O3S. The molecule has 2 amide bonds. The maximum Gasteiger partial charge on any atom is 0.247 e. The lowest BCUT2D eigenvalue weighted by molar-refractivity contribution is -0.121. The van der Waals surface area contributed by atoms with E-state index in [1.165, 1.54) is 16.7 Å². The van der Waals surface area contributed by atoms with Gasteiger partial charge in [-0.05, 0) is 55.0 Å². The highest BCUT2D eigenvalue weighted by atomic mass is 32.2. The molecule has 0 saturated carbocycles. The van der Waals surface area contributed by atoms with E-state index in [1.54, 1.807) is 24.3 Å². The summed E-state index contributed by atoms with van der Waals surface area (Å²) in [6.07, 6.45) is 1.02. The predicted molar refractivity (Wildman–Crippen MR) is 134 cm³/mol. The first-order chi connectivity index (χ1) is 16.1. The summed E-state index contributed by atoms with van der Waals surface area (Å²) in [4.78, 5) is 31.9. The second kappa shape index (κ2) is 10.8. The summed E-state index contributed by atoms with van der Waals surface area (Å²) in [6, 6.07) is 26.2. The fourth-order valence-electron chi connectivity index (χ4n) is 3.36. The van der Waals surface area contributed by atoms with Crippen LogP contribution in [-0.4, -0.2) is 28.8 Å². The summed E-state index contributed by atoms with van der Waals surface area (Å²) in [5.41, 5.74) is 2.17. The zero-order chi connectivity index (χ0) is 23.0. The molecule has 0 radical (unpaired) electrons. The van der Waals surface area contributed by atoms with E-state index in [0.29, 0.717) is 17.5 Å². The van der Waals surface area contributed by atoms with Gasteiger partial charge in [0.15, 0.2) is 5.17 Å². The lowest BCUT2D eigenvalue weighted by atomic mass is 10.3.